The Labute approximate surface area is 216 Å². The number of carboxylic acid groups (broad SMARTS) is 2. The first-order chi connectivity index (χ1) is 17.5. The summed E-state index contributed by atoms with van der Waals surface area (Å²) >= 11 is 6.26. The van der Waals surface area contributed by atoms with Crippen LogP contribution in [0.3, 0.4) is 0 Å². The molecule has 0 radical (unpaired) electrons. The van der Waals surface area contributed by atoms with Crippen LogP contribution in [0.4, 0.5) is 0 Å². The van der Waals surface area contributed by atoms with Crippen LogP contribution in [0, 0.1) is 0 Å². The first kappa shape index (κ1) is 29.1. The summed E-state index contributed by atoms with van der Waals surface area (Å²) in [6.45, 7) is 2.25. The minimum absolute atomic E-state index is 0.00202. The second kappa shape index (κ2) is 13.8. The Morgan fingerprint density at radius 1 is 1.27 bits per heavy atom. The number of ether oxygens (including phenoxy) is 1. The van der Waals surface area contributed by atoms with Gasteiger partial charge in [0.05, 0.1) is 22.7 Å². The normalized spacial score (nSPS) is 12.2. The molecule has 0 saturated carbocycles. The molecule has 2 aromatic heterocycles. The molecule has 0 amide bonds. The predicted molar refractivity (Wildman–Crippen MR) is 137 cm³/mol. The van der Waals surface area contributed by atoms with Gasteiger partial charge in [0.1, 0.15) is 17.9 Å². The highest BCUT2D eigenvalue weighted by molar-refractivity contribution is 6.32. The Kier molecular flexibility index (Phi) is 10.9. The third-order valence-electron chi connectivity index (χ3n) is 4.96. The van der Waals surface area contributed by atoms with Gasteiger partial charge in [0.2, 0.25) is 0 Å². The fourth-order valence-corrected chi connectivity index (χ4v) is 3.29. The Balaban J connectivity index is 0.000000341. The number of hydrogen-bond donors (Lipinski definition) is 5. The van der Waals surface area contributed by atoms with E-state index in [9.17, 15) is 14.4 Å². The molecule has 3 aromatic rings. The fourth-order valence-electron chi connectivity index (χ4n) is 3.08. The van der Waals surface area contributed by atoms with Crippen LogP contribution in [0.25, 0.3) is 11.1 Å². The lowest BCUT2D eigenvalue weighted by atomic mass is 10.2. The molecule has 2 heterocycles. The number of guanidine groups is 1. The van der Waals surface area contributed by atoms with Crippen LogP contribution in [0.15, 0.2) is 50.7 Å². The largest absolute Gasteiger partial charge is 0.483 e. The van der Waals surface area contributed by atoms with Gasteiger partial charge in [-0.3, -0.25) is 24.1 Å². The van der Waals surface area contributed by atoms with E-state index in [2.05, 4.69) is 9.98 Å². The van der Waals surface area contributed by atoms with E-state index in [-0.39, 0.29) is 30.6 Å². The van der Waals surface area contributed by atoms with Crippen molar-refractivity contribution in [2.45, 2.75) is 44.9 Å². The number of fused-ring (bicyclic) bond motifs is 1. The van der Waals surface area contributed by atoms with Crippen LogP contribution in [-0.2, 0) is 16.1 Å². The Morgan fingerprint density at radius 2 is 2.00 bits per heavy atom. The zero-order chi connectivity index (χ0) is 27.5. The third-order valence-corrected chi connectivity index (χ3v) is 5.26. The Bertz CT molecular complexity index is 1290. The van der Waals surface area contributed by atoms with Crippen LogP contribution in [0.2, 0.25) is 5.02 Å². The average molecular weight is 537 g/mol. The molecule has 0 aliphatic rings. The molecule has 3 rings (SSSR count). The van der Waals surface area contributed by atoms with Gasteiger partial charge < -0.3 is 36.6 Å². The van der Waals surface area contributed by atoms with Crippen molar-refractivity contribution in [2.75, 3.05) is 6.54 Å². The van der Waals surface area contributed by atoms with E-state index < -0.39 is 23.7 Å². The number of pyridine rings is 1. The second-order valence-electron chi connectivity index (χ2n) is 7.82. The fraction of sp³-hybridized carbons (Fsp3) is 0.348. The maximum atomic E-state index is 11.9. The van der Waals surface area contributed by atoms with E-state index in [1.807, 2.05) is 25.1 Å². The number of oxazole rings is 1. The van der Waals surface area contributed by atoms with Gasteiger partial charge in [-0.15, -0.1) is 0 Å². The lowest BCUT2D eigenvalue weighted by molar-refractivity contribution is -0.139. The van der Waals surface area contributed by atoms with Crippen LogP contribution in [-0.4, -0.2) is 50.2 Å². The number of rotatable bonds is 11. The van der Waals surface area contributed by atoms with Crippen molar-refractivity contribution in [1.29, 1.82) is 0 Å². The molecule has 14 heteroatoms. The van der Waals surface area contributed by atoms with E-state index >= 15 is 0 Å². The average Bonchev–Trinajstić information content (AvgIpc) is 3.14. The highest BCUT2D eigenvalue weighted by Crippen LogP contribution is 2.32. The summed E-state index contributed by atoms with van der Waals surface area (Å²) in [5, 5.41) is 17.5. The highest BCUT2D eigenvalue weighted by atomic mass is 35.5. The first-order valence-electron chi connectivity index (χ1n) is 11.2. The van der Waals surface area contributed by atoms with E-state index in [1.54, 1.807) is 6.20 Å². The van der Waals surface area contributed by atoms with Crippen molar-refractivity contribution in [3.8, 4) is 5.75 Å². The number of carboxylic acids is 2. The number of aliphatic carboxylic acids is 2. The summed E-state index contributed by atoms with van der Waals surface area (Å²) in [5.74, 6) is -2.27. The molecular weight excluding hydrogens is 508 g/mol. The molecule has 0 bridgehead atoms. The van der Waals surface area contributed by atoms with Crippen molar-refractivity contribution >= 4 is 40.6 Å². The van der Waals surface area contributed by atoms with Gasteiger partial charge in [-0.2, -0.15) is 0 Å². The Morgan fingerprint density at radius 3 is 2.59 bits per heavy atom. The van der Waals surface area contributed by atoms with Crippen molar-refractivity contribution in [2.24, 2.45) is 22.2 Å². The molecule has 0 saturated heterocycles. The standard InChI is InChI=1S/C17H15ClN2O5.C6H14N4O2/c1-10(12-4-2-3-6-19-12)24-14-9-15-13(8-11(14)18)20(17(23)25-15)7-5-16(21)22;7-4(5(11)12)2-1-3-10-6(8)9/h2-4,6,8-10H,5,7H2,1H3,(H,21,22);4H,1-3,7H2,(H,11,12)(H4,8,9,10)/t10-;4-/m10/s1. The van der Waals surface area contributed by atoms with Crippen LogP contribution >= 0.6 is 11.6 Å². The van der Waals surface area contributed by atoms with E-state index in [0.29, 0.717) is 35.7 Å². The minimum Gasteiger partial charge on any atom is -0.483 e. The zero-order valence-corrected chi connectivity index (χ0v) is 20.8. The topological polar surface area (TPSA) is 222 Å². The molecule has 0 aliphatic carbocycles. The van der Waals surface area contributed by atoms with Gasteiger partial charge >= 0.3 is 17.7 Å². The summed E-state index contributed by atoms with van der Waals surface area (Å²) in [6, 6.07) is 7.73. The van der Waals surface area contributed by atoms with E-state index in [4.69, 9.17) is 48.2 Å². The molecule has 1 aromatic carbocycles. The zero-order valence-electron chi connectivity index (χ0n) is 20.0. The predicted octanol–water partition coefficient (Wildman–Crippen LogP) is 1.71. The van der Waals surface area contributed by atoms with Gasteiger partial charge in [0.25, 0.3) is 0 Å². The van der Waals surface area contributed by atoms with Gasteiger partial charge in [0, 0.05) is 25.4 Å². The van der Waals surface area contributed by atoms with Crippen LogP contribution < -0.4 is 27.7 Å². The van der Waals surface area contributed by atoms with Crippen molar-refractivity contribution in [1.82, 2.24) is 9.55 Å². The van der Waals surface area contributed by atoms with Crippen molar-refractivity contribution in [3.63, 3.8) is 0 Å². The van der Waals surface area contributed by atoms with E-state index in [1.165, 1.54) is 16.7 Å². The van der Waals surface area contributed by atoms with Crippen molar-refractivity contribution in [3.05, 3.63) is 57.8 Å². The lowest BCUT2D eigenvalue weighted by Crippen LogP contribution is -2.30. The number of benzene rings is 1. The third kappa shape index (κ3) is 9.13. The summed E-state index contributed by atoms with van der Waals surface area (Å²) in [4.78, 5) is 40.8. The number of nitrogens with zero attached hydrogens (tertiary/aromatic N) is 3. The van der Waals surface area contributed by atoms with Gasteiger partial charge in [-0.05, 0) is 38.0 Å². The summed E-state index contributed by atoms with van der Waals surface area (Å²) in [6.07, 6.45) is 2.08. The molecular formula is C23H29ClN6O7. The summed E-state index contributed by atoms with van der Waals surface area (Å²) in [5.41, 5.74) is 16.8. The first-order valence-corrected chi connectivity index (χ1v) is 11.5. The molecule has 200 valence electrons. The number of nitrogens with two attached hydrogens (primary N) is 3. The molecule has 0 aliphatic heterocycles. The SMILES string of the molecule is C[C@@H](Oc1cc2oc(=O)n(CCC(=O)O)c2cc1Cl)c1ccccn1.NC(N)=NCCC[C@H](N)C(=O)O. The molecule has 8 N–H and O–H groups in total. The van der Waals surface area contributed by atoms with Gasteiger partial charge in [-0.1, -0.05) is 17.7 Å². The number of hydrogen-bond acceptors (Lipinski definition) is 8. The van der Waals surface area contributed by atoms with Crippen molar-refractivity contribution < 1.29 is 29.0 Å². The van der Waals surface area contributed by atoms with E-state index in [0.717, 1.165) is 5.69 Å². The number of aryl methyl sites for hydroxylation is 1. The number of carbonyl (C=O) groups is 2. The second-order valence-corrected chi connectivity index (χ2v) is 8.23. The van der Waals surface area contributed by atoms with Crippen LogP contribution in [0.5, 0.6) is 5.75 Å². The molecule has 0 spiro atoms. The molecule has 13 nitrogen and oxygen atoms in total. The maximum Gasteiger partial charge on any atom is 0.419 e. The van der Waals surface area contributed by atoms with Gasteiger partial charge in [-0.25, -0.2) is 4.79 Å². The lowest BCUT2D eigenvalue weighted by Gasteiger charge is -2.15. The molecule has 0 unspecified atom stereocenters. The van der Waals surface area contributed by atoms with Gasteiger partial charge in [0.15, 0.2) is 11.5 Å². The Hall–Kier alpha value is -4.10. The summed E-state index contributed by atoms with van der Waals surface area (Å²) in [7, 11) is 0. The minimum atomic E-state index is -1.00. The monoisotopic (exact) mass is 536 g/mol. The quantitative estimate of drug-likeness (QED) is 0.135. The van der Waals surface area contributed by atoms with Crippen LogP contribution in [0.1, 0.15) is 38.0 Å². The highest BCUT2D eigenvalue weighted by Gasteiger charge is 2.17. The number of halogens is 1. The number of aromatic nitrogens is 2. The smallest absolute Gasteiger partial charge is 0.419 e. The molecule has 0 fully saturated rings. The summed E-state index contributed by atoms with van der Waals surface area (Å²) < 4.78 is 12.2. The molecule has 37 heavy (non-hydrogen) atoms. The maximum absolute atomic E-state index is 11.9. The molecule has 2 atom stereocenters. The number of aliphatic imine (C=N–C) groups is 1.